The molecule has 4 nitrogen and oxygen atoms in total. The molecule has 0 unspecified atom stereocenters. The molecule has 0 saturated carbocycles. The highest BCUT2D eigenvalue weighted by Gasteiger charge is 2.49. The maximum atomic E-state index is 13.6. The molecular formula is C10H8ClF2NO3. The highest BCUT2D eigenvalue weighted by atomic mass is 35.5. The number of nitrogens with one attached hydrogen (secondary N) is 1. The highest BCUT2D eigenvalue weighted by Crippen LogP contribution is 2.42. The molecule has 0 saturated heterocycles. The first-order chi connectivity index (χ1) is 7.89. The van der Waals surface area contributed by atoms with Crippen LogP contribution in [0.5, 0.6) is 5.75 Å². The first kappa shape index (κ1) is 12.1. The van der Waals surface area contributed by atoms with Gasteiger partial charge in [-0.15, -0.1) is 0 Å². The van der Waals surface area contributed by atoms with Gasteiger partial charge < -0.3 is 15.2 Å². The molecule has 1 atom stereocenters. The van der Waals surface area contributed by atoms with Crippen LogP contribution in [0.3, 0.4) is 0 Å². The van der Waals surface area contributed by atoms with Crippen molar-refractivity contribution in [2.24, 2.45) is 0 Å². The van der Waals surface area contributed by atoms with Gasteiger partial charge in [-0.3, -0.25) is 4.79 Å². The van der Waals surface area contributed by atoms with E-state index in [0.29, 0.717) is 0 Å². The number of amides is 1. The van der Waals surface area contributed by atoms with Crippen LogP contribution in [0.2, 0.25) is 5.02 Å². The first-order valence-corrected chi connectivity index (χ1v) is 5.01. The second-order valence-electron chi connectivity index (χ2n) is 3.50. The van der Waals surface area contributed by atoms with Crippen LogP contribution < -0.4 is 10.1 Å². The molecule has 7 heteroatoms. The van der Waals surface area contributed by atoms with Crippen LogP contribution in [0.4, 0.5) is 8.78 Å². The third-order valence-electron chi connectivity index (χ3n) is 2.52. The van der Waals surface area contributed by atoms with Crippen molar-refractivity contribution in [3.8, 4) is 5.75 Å². The van der Waals surface area contributed by atoms with Gasteiger partial charge in [0.1, 0.15) is 5.75 Å². The molecule has 0 fully saturated rings. The van der Waals surface area contributed by atoms with Crippen molar-refractivity contribution in [1.82, 2.24) is 5.32 Å². The second kappa shape index (κ2) is 3.82. The molecule has 1 aliphatic heterocycles. The van der Waals surface area contributed by atoms with Crippen LogP contribution in [-0.2, 0) is 5.92 Å². The number of alkyl halides is 2. The Kier molecular flexibility index (Phi) is 2.71. The Morgan fingerprint density at radius 3 is 2.76 bits per heavy atom. The van der Waals surface area contributed by atoms with E-state index >= 15 is 0 Å². The van der Waals surface area contributed by atoms with E-state index in [0.717, 1.165) is 6.07 Å². The van der Waals surface area contributed by atoms with Crippen LogP contribution in [-0.4, -0.2) is 24.4 Å². The maximum Gasteiger partial charge on any atom is 0.317 e. The van der Waals surface area contributed by atoms with E-state index < -0.39 is 23.6 Å². The van der Waals surface area contributed by atoms with Gasteiger partial charge in [-0.25, -0.2) is 0 Å². The minimum absolute atomic E-state index is 0.118. The van der Waals surface area contributed by atoms with Crippen molar-refractivity contribution in [3.05, 3.63) is 28.3 Å². The predicted octanol–water partition coefficient (Wildman–Crippen LogP) is 1.50. The van der Waals surface area contributed by atoms with E-state index in [2.05, 4.69) is 0 Å². The topological polar surface area (TPSA) is 58.6 Å². The quantitative estimate of drug-likeness (QED) is 0.807. The molecule has 0 aromatic heterocycles. The predicted molar refractivity (Wildman–Crippen MR) is 55.4 cm³/mol. The zero-order valence-electron chi connectivity index (χ0n) is 8.63. The number of halogens is 3. The molecule has 0 bridgehead atoms. The smallest absolute Gasteiger partial charge is 0.317 e. The van der Waals surface area contributed by atoms with Gasteiger partial charge in [0.05, 0.1) is 17.7 Å². The monoisotopic (exact) mass is 263 g/mol. The van der Waals surface area contributed by atoms with E-state index in [-0.39, 0.29) is 16.3 Å². The molecule has 1 aromatic rings. The molecule has 1 aromatic carbocycles. The van der Waals surface area contributed by atoms with Gasteiger partial charge in [-0.2, -0.15) is 8.78 Å². The van der Waals surface area contributed by atoms with Crippen molar-refractivity contribution in [3.63, 3.8) is 0 Å². The summed E-state index contributed by atoms with van der Waals surface area (Å²) in [5.41, 5.74) is -0.985. The summed E-state index contributed by atoms with van der Waals surface area (Å²) in [7, 11) is 1.31. The van der Waals surface area contributed by atoms with Gasteiger partial charge in [0.2, 0.25) is 0 Å². The van der Waals surface area contributed by atoms with E-state index in [1.54, 1.807) is 5.32 Å². The Hall–Kier alpha value is -1.40. The maximum absolute atomic E-state index is 13.6. The van der Waals surface area contributed by atoms with Gasteiger partial charge in [0.25, 0.3) is 5.91 Å². The van der Waals surface area contributed by atoms with E-state index in [1.807, 2.05) is 0 Å². The lowest BCUT2D eigenvalue weighted by Gasteiger charge is -2.30. The summed E-state index contributed by atoms with van der Waals surface area (Å²) in [6.45, 7) is 0. The summed E-state index contributed by atoms with van der Waals surface area (Å²) < 4.78 is 32.1. The Balaban J connectivity index is 2.70. The number of methoxy groups -OCH3 is 1. The first-order valence-electron chi connectivity index (χ1n) is 4.63. The Morgan fingerprint density at radius 1 is 1.53 bits per heavy atom. The summed E-state index contributed by atoms with van der Waals surface area (Å²) in [4.78, 5) is 11.5. The standard InChI is InChI=1S/C10H8ClF2NO3/c1-17-5-3-2-4-6(7(5)11)8(15)14-9(16)10(4,12)13/h2-3,9,16H,1H3,(H,14,15)/t9-/m1/s1. The molecule has 0 aliphatic carbocycles. The average molecular weight is 264 g/mol. The number of rotatable bonds is 1. The van der Waals surface area contributed by atoms with E-state index in [1.165, 1.54) is 13.2 Å². The number of carbonyl (C=O) groups is 1. The fraction of sp³-hybridized carbons (Fsp3) is 0.300. The van der Waals surface area contributed by atoms with Gasteiger partial charge >= 0.3 is 5.92 Å². The molecule has 1 aliphatic rings. The zero-order valence-corrected chi connectivity index (χ0v) is 9.39. The number of aliphatic hydroxyl groups is 1. The zero-order chi connectivity index (χ0) is 12.8. The largest absolute Gasteiger partial charge is 0.495 e. The Bertz CT molecular complexity index is 493. The summed E-state index contributed by atoms with van der Waals surface area (Å²) in [6.07, 6.45) is -2.26. The van der Waals surface area contributed by atoms with Gasteiger partial charge in [0.15, 0.2) is 6.23 Å². The number of hydrogen-bond donors (Lipinski definition) is 2. The minimum Gasteiger partial charge on any atom is -0.495 e. The van der Waals surface area contributed by atoms with Crippen molar-refractivity contribution in [2.75, 3.05) is 7.11 Å². The van der Waals surface area contributed by atoms with E-state index in [4.69, 9.17) is 21.4 Å². The number of carbonyl (C=O) groups excluding carboxylic acids is 1. The molecule has 92 valence electrons. The average Bonchev–Trinajstić information content (AvgIpc) is 2.26. The van der Waals surface area contributed by atoms with Gasteiger partial charge in [-0.1, -0.05) is 11.6 Å². The Morgan fingerprint density at radius 2 is 2.18 bits per heavy atom. The van der Waals surface area contributed by atoms with Crippen molar-refractivity contribution in [1.29, 1.82) is 0 Å². The number of aliphatic hydroxyl groups excluding tert-OH is 1. The van der Waals surface area contributed by atoms with Crippen LogP contribution in [0.1, 0.15) is 15.9 Å². The normalized spacial score (nSPS) is 21.7. The molecule has 2 rings (SSSR count). The molecule has 0 radical (unpaired) electrons. The number of fused-ring (bicyclic) bond motifs is 1. The molecule has 17 heavy (non-hydrogen) atoms. The summed E-state index contributed by atoms with van der Waals surface area (Å²) in [5.74, 6) is -4.32. The molecule has 2 N–H and O–H groups in total. The lowest BCUT2D eigenvalue weighted by molar-refractivity contribution is -0.128. The van der Waals surface area contributed by atoms with Crippen LogP contribution in [0, 0.1) is 0 Å². The van der Waals surface area contributed by atoms with Gasteiger partial charge in [0, 0.05) is 5.56 Å². The van der Waals surface area contributed by atoms with Crippen molar-refractivity contribution >= 4 is 17.5 Å². The highest BCUT2D eigenvalue weighted by molar-refractivity contribution is 6.35. The molecule has 1 heterocycles. The van der Waals surface area contributed by atoms with E-state index in [9.17, 15) is 13.6 Å². The fourth-order valence-corrected chi connectivity index (χ4v) is 1.98. The van der Waals surface area contributed by atoms with Crippen LogP contribution in [0.25, 0.3) is 0 Å². The summed E-state index contributed by atoms with van der Waals surface area (Å²) in [6, 6.07) is 2.24. The third-order valence-corrected chi connectivity index (χ3v) is 2.90. The summed E-state index contributed by atoms with van der Waals surface area (Å²) >= 11 is 5.80. The SMILES string of the molecule is COc1ccc2c(c1Cl)C(=O)N[C@H](O)C2(F)F. The second-order valence-corrected chi connectivity index (χ2v) is 3.88. The lowest BCUT2D eigenvalue weighted by atomic mass is 9.95. The molecular weight excluding hydrogens is 256 g/mol. The number of ether oxygens (including phenoxy) is 1. The van der Waals surface area contributed by atoms with Crippen molar-refractivity contribution in [2.45, 2.75) is 12.2 Å². The Labute approximate surface area is 100 Å². The molecule has 0 spiro atoms. The van der Waals surface area contributed by atoms with Gasteiger partial charge in [-0.05, 0) is 12.1 Å². The number of hydrogen-bond acceptors (Lipinski definition) is 3. The van der Waals surface area contributed by atoms with Crippen LogP contribution >= 0.6 is 11.6 Å². The van der Waals surface area contributed by atoms with Crippen molar-refractivity contribution < 1.29 is 23.4 Å². The lowest BCUT2D eigenvalue weighted by Crippen LogP contribution is -2.51. The minimum atomic E-state index is -3.58. The molecule has 1 amide bonds. The fourth-order valence-electron chi connectivity index (χ4n) is 1.65. The number of benzene rings is 1. The third kappa shape index (κ3) is 1.64. The van der Waals surface area contributed by atoms with Crippen LogP contribution in [0.15, 0.2) is 12.1 Å². The summed E-state index contributed by atoms with van der Waals surface area (Å²) in [5, 5.41) is 10.7.